The molecule has 0 saturated heterocycles. The lowest BCUT2D eigenvalue weighted by atomic mass is 9.90. The third kappa shape index (κ3) is 3.38. The van der Waals surface area contributed by atoms with Crippen LogP contribution in [0.15, 0.2) is 11.7 Å². The molecule has 0 saturated carbocycles. The van der Waals surface area contributed by atoms with Gasteiger partial charge in [0.2, 0.25) is 0 Å². The predicted octanol–water partition coefficient (Wildman–Crippen LogP) is 1.72. The normalized spacial score (nSPS) is 11.4. The van der Waals surface area contributed by atoms with Crippen LogP contribution in [-0.4, -0.2) is 32.3 Å². The highest BCUT2D eigenvalue weighted by Gasteiger charge is 2.33. The number of hydrogen-bond acceptors (Lipinski definition) is 7. The Morgan fingerprint density at radius 3 is 2.90 bits per heavy atom. The maximum Gasteiger partial charge on any atom is 0.317 e. The zero-order valence-electron chi connectivity index (χ0n) is 12.6. The van der Waals surface area contributed by atoms with E-state index in [-0.39, 0.29) is 5.97 Å². The molecule has 0 atom stereocenters. The van der Waals surface area contributed by atoms with Gasteiger partial charge in [-0.25, -0.2) is 4.98 Å². The maximum atomic E-state index is 12.0. The lowest BCUT2D eigenvalue weighted by Gasteiger charge is -2.19. The number of nitrogens with zero attached hydrogens (tertiary/aromatic N) is 4. The molecule has 7 nitrogen and oxygen atoms in total. The highest BCUT2D eigenvalue weighted by atomic mass is 32.1. The summed E-state index contributed by atoms with van der Waals surface area (Å²) in [5, 5.41) is 13.6. The van der Waals surface area contributed by atoms with Crippen molar-refractivity contribution >= 4 is 22.4 Å². The summed E-state index contributed by atoms with van der Waals surface area (Å²) in [5.74, 6) is 0.548. The summed E-state index contributed by atoms with van der Waals surface area (Å²) in [7, 11) is 1.88. The monoisotopic (exact) mass is 309 g/mol. The minimum atomic E-state index is -0.753. The zero-order valence-corrected chi connectivity index (χ0v) is 13.4. The summed E-state index contributed by atoms with van der Waals surface area (Å²) in [6.07, 6.45) is 1.65. The van der Waals surface area contributed by atoms with Gasteiger partial charge in [0.05, 0.1) is 18.8 Å². The number of esters is 1. The summed E-state index contributed by atoms with van der Waals surface area (Å²) in [6.45, 7) is 6.31. The van der Waals surface area contributed by atoms with Gasteiger partial charge in [0, 0.05) is 12.4 Å². The number of nitrogens with one attached hydrogen (secondary N) is 1. The van der Waals surface area contributed by atoms with Crippen LogP contribution in [0.5, 0.6) is 0 Å². The number of carbonyl (C=O) groups is 1. The van der Waals surface area contributed by atoms with E-state index in [0.717, 1.165) is 11.0 Å². The van der Waals surface area contributed by atoms with Gasteiger partial charge in [0.25, 0.3) is 0 Å². The first-order chi connectivity index (χ1) is 9.95. The Balaban J connectivity index is 2.04. The fraction of sp³-hybridized carbons (Fsp3) is 0.538. The molecule has 0 aliphatic carbocycles. The van der Waals surface area contributed by atoms with Gasteiger partial charge in [-0.15, -0.1) is 21.5 Å². The molecule has 0 aliphatic heterocycles. The largest absolute Gasteiger partial charge is 0.465 e. The Morgan fingerprint density at radius 1 is 1.52 bits per heavy atom. The van der Waals surface area contributed by atoms with Crippen molar-refractivity contribution < 1.29 is 9.53 Å². The highest BCUT2D eigenvalue weighted by molar-refractivity contribution is 7.13. The molecule has 0 amide bonds. The number of thiazole rings is 1. The van der Waals surface area contributed by atoms with Crippen LogP contribution in [0.3, 0.4) is 0 Å². The average Bonchev–Trinajstić information content (AvgIpc) is 3.06. The molecule has 0 spiro atoms. The van der Waals surface area contributed by atoms with Crippen LogP contribution >= 0.6 is 11.3 Å². The third-order valence-electron chi connectivity index (χ3n) is 3.13. The zero-order chi connectivity index (χ0) is 15.5. The van der Waals surface area contributed by atoms with E-state index < -0.39 is 5.41 Å². The lowest BCUT2D eigenvalue weighted by molar-refractivity contribution is -0.148. The number of aromatic nitrogens is 4. The van der Waals surface area contributed by atoms with Gasteiger partial charge in [0.15, 0.2) is 11.0 Å². The van der Waals surface area contributed by atoms with Crippen molar-refractivity contribution in [3.63, 3.8) is 0 Å². The lowest BCUT2D eigenvalue weighted by Crippen LogP contribution is -2.31. The van der Waals surface area contributed by atoms with E-state index in [4.69, 9.17) is 4.74 Å². The van der Waals surface area contributed by atoms with Crippen molar-refractivity contribution in [1.82, 2.24) is 19.7 Å². The molecule has 0 bridgehead atoms. The van der Waals surface area contributed by atoms with E-state index in [9.17, 15) is 4.79 Å². The minimum Gasteiger partial charge on any atom is -0.465 e. The Morgan fingerprint density at radius 2 is 2.29 bits per heavy atom. The van der Waals surface area contributed by atoms with E-state index in [1.807, 2.05) is 30.8 Å². The smallest absolute Gasteiger partial charge is 0.317 e. The Hall–Kier alpha value is -1.96. The standard InChI is InChI=1S/C13H19N5O2S/c1-5-20-11(19)13(2,3)9-7-21-12(16-9)14-6-10-17-15-8-18(10)4/h7-8H,5-6H2,1-4H3,(H,14,16). The summed E-state index contributed by atoms with van der Waals surface area (Å²) in [5.41, 5.74) is -0.0524. The summed E-state index contributed by atoms with van der Waals surface area (Å²) in [4.78, 5) is 16.4. The van der Waals surface area contributed by atoms with Crippen LogP contribution in [0.1, 0.15) is 32.3 Å². The molecule has 1 N–H and O–H groups in total. The number of aryl methyl sites for hydroxylation is 1. The van der Waals surface area contributed by atoms with Crippen LogP contribution in [0.2, 0.25) is 0 Å². The van der Waals surface area contributed by atoms with E-state index in [1.54, 1.807) is 13.3 Å². The first-order valence-electron chi connectivity index (χ1n) is 6.65. The second kappa shape index (κ2) is 6.21. The molecule has 2 aromatic heterocycles. The first-order valence-corrected chi connectivity index (χ1v) is 7.53. The average molecular weight is 309 g/mol. The van der Waals surface area contributed by atoms with E-state index >= 15 is 0 Å². The van der Waals surface area contributed by atoms with Crippen LogP contribution in [-0.2, 0) is 28.5 Å². The fourth-order valence-corrected chi connectivity index (χ4v) is 2.56. The van der Waals surface area contributed by atoms with Crippen molar-refractivity contribution in [3.05, 3.63) is 23.2 Å². The molecule has 0 aliphatic rings. The Labute approximate surface area is 127 Å². The van der Waals surface area contributed by atoms with Crippen molar-refractivity contribution in [1.29, 1.82) is 0 Å². The van der Waals surface area contributed by atoms with Gasteiger partial charge in [-0.05, 0) is 20.8 Å². The van der Waals surface area contributed by atoms with Crippen LogP contribution in [0.25, 0.3) is 0 Å². The first kappa shape index (κ1) is 15.4. The molecule has 21 heavy (non-hydrogen) atoms. The molecular formula is C13H19N5O2S. The number of anilines is 1. The van der Waals surface area contributed by atoms with Crippen LogP contribution in [0, 0.1) is 0 Å². The topological polar surface area (TPSA) is 81.9 Å². The fourth-order valence-electron chi connectivity index (χ4n) is 1.68. The Bertz CT molecular complexity index is 620. The maximum absolute atomic E-state index is 12.0. The second-order valence-electron chi connectivity index (χ2n) is 5.09. The molecule has 0 fully saturated rings. The predicted molar refractivity (Wildman–Crippen MR) is 80.1 cm³/mol. The number of rotatable bonds is 6. The molecule has 0 radical (unpaired) electrons. The number of hydrogen-bond donors (Lipinski definition) is 1. The van der Waals surface area contributed by atoms with E-state index in [1.165, 1.54) is 11.3 Å². The van der Waals surface area contributed by atoms with Crippen molar-refractivity contribution in [2.75, 3.05) is 11.9 Å². The van der Waals surface area contributed by atoms with E-state index in [2.05, 4.69) is 20.5 Å². The number of carbonyl (C=O) groups excluding carboxylic acids is 1. The van der Waals surface area contributed by atoms with Gasteiger partial charge < -0.3 is 14.6 Å². The highest BCUT2D eigenvalue weighted by Crippen LogP contribution is 2.28. The molecule has 114 valence electrons. The quantitative estimate of drug-likeness (QED) is 0.818. The molecule has 2 rings (SSSR count). The minimum absolute atomic E-state index is 0.268. The van der Waals surface area contributed by atoms with Crippen molar-refractivity contribution in [2.45, 2.75) is 32.7 Å². The van der Waals surface area contributed by atoms with Crippen LogP contribution < -0.4 is 5.32 Å². The van der Waals surface area contributed by atoms with Gasteiger partial charge in [-0.1, -0.05) is 0 Å². The van der Waals surface area contributed by atoms with Crippen LogP contribution in [0.4, 0.5) is 5.13 Å². The van der Waals surface area contributed by atoms with E-state index in [0.29, 0.717) is 18.8 Å². The number of ether oxygens (including phenoxy) is 1. The molecule has 0 unspecified atom stereocenters. The second-order valence-corrected chi connectivity index (χ2v) is 5.95. The van der Waals surface area contributed by atoms with Gasteiger partial charge in [-0.2, -0.15) is 0 Å². The molecule has 2 aromatic rings. The van der Waals surface area contributed by atoms with Crippen molar-refractivity contribution in [2.24, 2.45) is 7.05 Å². The van der Waals surface area contributed by atoms with Crippen molar-refractivity contribution in [3.8, 4) is 0 Å². The molecule has 0 aromatic carbocycles. The molecule has 2 heterocycles. The SMILES string of the molecule is CCOC(=O)C(C)(C)c1csc(NCc2nncn2C)n1. The van der Waals surface area contributed by atoms with Gasteiger partial charge in [0.1, 0.15) is 11.7 Å². The van der Waals surface area contributed by atoms with Gasteiger partial charge in [-0.3, -0.25) is 4.79 Å². The summed E-state index contributed by atoms with van der Waals surface area (Å²) in [6, 6.07) is 0. The molecule has 8 heteroatoms. The summed E-state index contributed by atoms with van der Waals surface area (Å²) >= 11 is 1.45. The van der Waals surface area contributed by atoms with Gasteiger partial charge >= 0.3 is 5.97 Å². The molecular weight excluding hydrogens is 290 g/mol. The third-order valence-corrected chi connectivity index (χ3v) is 3.93. The Kier molecular flexibility index (Phi) is 4.56. The summed E-state index contributed by atoms with van der Waals surface area (Å²) < 4.78 is 6.93.